The van der Waals surface area contributed by atoms with E-state index in [1.165, 1.54) is 0 Å². The van der Waals surface area contributed by atoms with Crippen LogP contribution in [0.2, 0.25) is 0 Å². The number of aliphatic imine (C=N–C) groups is 1. The van der Waals surface area contributed by atoms with E-state index >= 15 is 0 Å². The molecule has 26 heavy (non-hydrogen) atoms. The van der Waals surface area contributed by atoms with Crippen LogP contribution < -0.4 is 5.32 Å². The molecule has 7 nitrogen and oxygen atoms in total. The van der Waals surface area contributed by atoms with Crippen molar-refractivity contribution in [3.8, 4) is 0 Å². The number of hydrogen-bond acceptors (Lipinski definition) is 5. The SMILES string of the molecule is CN=C(NCCCOCC1CCOC1)N1CCC(COCCOC)C1.I. The molecule has 0 saturated carbocycles. The molecule has 0 aromatic rings. The van der Waals surface area contributed by atoms with E-state index in [1.54, 1.807) is 7.11 Å². The molecule has 1 N–H and O–H groups in total. The quantitative estimate of drug-likeness (QED) is 0.208. The predicted molar refractivity (Wildman–Crippen MR) is 114 cm³/mol. The first-order chi connectivity index (χ1) is 12.3. The predicted octanol–water partition coefficient (Wildman–Crippen LogP) is 1.61. The highest BCUT2D eigenvalue weighted by Crippen LogP contribution is 2.16. The van der Waals surface area contributed by atoms with E-state index < -0.39 is 0 Å². The first-order valence-electron chi connectivity index (χ1n) is 9.51. The summed E-state index contributed by atoms with van der Waals surface area (Å²) in [6.45, 7) is 8.43. The van der Waals surface area contributed by atoms with Crippen LogP contribution in [0.3, 0.4) is 0 Å². The summed E-state index contributed by atoms with van der Waals surface area (Å²) in [5.74, 6) is 2.16. The molecule has 2 atom stereocenters. The monoisotopic (exact) mass is 485 g/mol. The molecule has 0 bridgehead atoms. The van der Waals surface area contributed by atoms with Gasteiger partial charge in [0, 0.05) is 58.8 Å². The van der Waals surface area contributed by atoms with Gasteiger partial charge in [-0.05, 0) is 19.3 Å². The van der Waals surface area contributed by atoms with Crippen LogP contribution >= 0.6 is 24.0 Å². The first kappa shape index (κ1) is 23.9. The fourth-order valence-corrected chi connectivity index (χ4v) is 3.22. The molecule has 2 heterocycles. The maximum absolute atomic E-state index is 5.74. The van der Waals surface area contributed by atoms with Crippen LogP contribution in [0.5, 0.6) is 0 Å². The van der Waals surface area contributed by atoms with Crippen LogP contribution in [0, 0.1) is 11.8 Å². The van der Waals surface area contributed by atoms with E-state index in [0.717, 1.165) is 77.9 Å². The molecule has 0 radical (unpaired) electrons. The summed E-state index contributed by atoms with van der Waals surface area (Å²) in [4.78, 5) is 6.73. The Hall–Kier alpha value is -0.160. The first-order valence-corrected chi connectivity index (χ1v) is 9.51. The molecule has 154 valence electrons. The van der Waals surface area contributed by atoms with Crippen molar-refractivity contribution in [2.45, 2.75) is 19.3 Å². The van der Waals surface area contributed by atoms with Gasteiger partial charge >= 0.3 is 0 Å². The number of nitrogens with zero attached hydrogens (tertiary/aromatic N) is 2. The Balaban J connectivity index is 0.00000338. The lowest BCUT2D eigenvalue weighted by Gasteiger charge is -2.21. The minimum Gasteiger partial charge on any atom is -0.382 e. The Kier molecular flexibility index (Phi) is 13.6. The maximum atomic E-state index is 5.74. The van der Waals surface area contributed by atoms with Gasteiger partial charge in [0.05, 0.1) is 33.0 Å². The molecule has 0 spiro atoms. The molecule has 2 fully saturated rings. The van der Waals surface area contributed by atoms with E-state index in [0.29, 0.717) is 25.0 Å². The number of hydrogen-bond donors (Lipinski definition) is 1. The average molecular weight is 485 g/mol. The molecule has 2 saturated heterocycles. The van der Waals surface area contributed by atoms with Gasteiger partial charge in [0.25, 0.3) is 0 Å². The van der Waals surface area contributed by atoms with E-state index in [9.17, 15) is 0 Å². The topological polar surface area (TPSA) is 64.6 Å². The van der Waals surface area contributed by atoms with Crippen molar-refractivity contribution in [1.82, 2.24) is 10.2 Å². The van der Waals surface area contributed by atoms with Gasteiger partial charge < -0.3 is 29.2 Å². The average Bonchev–Trinajstić information content (AvgIpc) is 3.30. The van der Waals surface area contributed by atoms with E-state index in [-0.39, 0.29) is 24.0 Å². The van der Waals surface area contributed by atoms with E-state index in [1.807, 2.05) is 7.05 Å². The Labute approximate surface area is 175 Å². The molecule has 0 aliphatic carbocycles. The molecular formula is C18H36IN3O4. The molecular weight excluding hydrogens is 449 g/mol. The van der Waals surface area contributed by atoms with Crippen LogP contribution in [0.4, 0.5) is 0 Å². The standard InChI is InChI=1S/C18H35N3O4.HI/c1-19-18(20-6-3-8-23-14-17-5-9-24-15-17)21-7-4-16(12-21)13-25-11-10-22-2;/h16-17H,3-15H2,1-2H3,(H,19,20);1H. The lowest BCUT2D eigenvalue weighted by Crippen LogP contribution is -2.40. The van der Waals surface area contributed by atoms with Gasteiger partial charge in [-0.3, -0.25) is 4.99 Å². The minimum atomic E-state index is 0. The number of methoxy groups -OCH3 is 1. The van der Waals surface area contributed by atoms with Gasteiger partial charge in [-0.2, -0.15) is 0 Å². The molecule has 0 aromatic heterocycles. The van der Waals surface area contributed by atoms with Crippen LogP contribution in [0.1, 0.15) is 19.3 Å². The summed E-state index contributed by atoms with van der Waals surface area (Å²) >= 11 is 0. The van der Waals surface area contributed by atoms with Gasteiger partial charge in [0.15, 0.2) is 5.96 Å². The molecule has 2 aliphatic rings. The van der Waals surface area contributed by atoms with Crippen molar-refractivity contribution in [3.05, 3.63) is 0 Å². The zero-order chi connectivity index (χ0) is 17.7. The highest BCUT2D eigenvalue weighted by Gasteiger charge is 2.24. The molecule has 2 rings (SSSR count). The summed E-state index contributed by atoms with van der Waals surface area (Å²) in [6, 6.07) is 0. The Morgan fingerprint density at radius 2 is 1.96 bits per heavy atom. The summed E-state index contributed by atoms with van der Waals surface area (Å²) in [5, 5.41) is 3.45. The van der Waals surface area contributed by atoms with Crippen LogP contribution in [-0.4, -0.2) is 90.9 Å². The number of rotatable bonds is 11. The van der Waals surface area contributed by atoms with Gasteiger partial charge in [-0.1, -0.05) is 0 Å². The second-order valence-corrected chi connectivity index (χ2v) is 6.80. The Morgan fingerprint density at radius 3 is 2.69 bits per heavy atom. The summed E-state index contributed by atoms with van der Waals surface area (Å²) in [5.41, 5.74) is 0. The second kappa shape index (κ2) is 14.8. The summed E-state index contributed by atoms with van der Waals surface area (Å²) < 4.78 is 21.7. The molecule has 2 aliphatic heterocycles. The fraction of sp³-hybridized carbons (Fsp3) is 0.944. The zero-order valence-electron chi connectivity index (χ0n) is 16.3. The number of halogens is 1. The molecule has 0 amide bonds. The van der Waals surface area contributed by atoms with Crippen molar-refractivity contribution in [2.24, 2.45) is 16.8 Å². The van der Waals surface area contributed by atoms with Crippen LogP contribution in [0.15, 0.2) is 4.99 Å². The number of guanidine groups is 1. The van der Waals surface area contributed by atoms with Crippen molar-refractivity contribution in [3.63, 3.8) is 0 Å². The third-order valence-corrected chi connectivity index (χ3v) is 4.71. The lowest BCUT2D eigenvalue weighted by atomic mass is 10.1. The normalized spacial score (nSPS) is 23.3. The van der Waals surface area contributed by atoms with Crippen molar-refractivity contribution in [2.75, 3.05) is 80.0 Å². The van der Waals surface area contributed by atoms with Gasteiger partial charge in [-0.25, -0.2) is 0 Å². The Morgan fingerprint density at radius 1 is 1.15 bits per heavy atom. The smallest absolute Gasteiger partial charge is 0.193 e. The van der Waals surface area contributed by atoms with Gasteiger partial charge in [0.2, 0.25) is 0 Å². The van der Waals surface area contributed by atoms with E-state index in [4.69, 9.17) is 18.9 Å². The van der Waals surface area contributed by atoms with Gasteiger partial charge in [0.1, 0.15) is 0 Å². The van der Waals surface area contributed by atoms with Crippen molar-refractivity contribution < 1.29 is 18.9 Å². The largest absolute Gasteiger partial charge is 0.382 e. The van der Waals surface area contributed by atoms with E-state index in [2.05, 4.69) is 15.2 Å². The van der Waals surface area contributed by atoms with Crippen molar-refractivity contribution in [1.29, 1.82) is 0 Å². The fourth-order valence-electron chi connectivity index (χ4n) is 3.22. The maximum Gasteiger partial charge on any atom is 0.193 e. The number of ether oxygens (including phenoxy) is 4. The third kappa shape index (κ3) is 9.16. The van der Waals surface area contributed by atoms with Crippen LogP contribution in [-0.2, 0) is 18.9 Å². The third-order valence-electron chi connectivity index (χ3n) is 4.71. The van der Waals surface area contributed by atoms with Gasteiger partial charge in [-0.15, -0.1) is 24.0 Å². The highest BCUT2D eigenvalue weighted by molar-refractivity contribution is 14.0. The zero-order valence-corrected chi connectivity index (χ0v) is 18.6. The molecule has 0 aromatic carbocycles. The summed E-state index contributed by atoms with van der Waals surface area (Å²) in [7, 11) is 3.55. The lowest BCUT2D eigenvalue weighted by molar-refractivity contribution is 0.0536. The summed E-state index contributed by atoms with van der Waals surface area (Å²) in [6.07, 6.45) is 3.28. The second-order valence-electron chi connectivity index (χ2n) is 6.80. The van der Waals surface area contributed by atoms with Crippen molar-refractivity contribution >= 4 is 29.9 Å². The molecule has 8 heteroatoms. The highest BCUT2D eigenvalue weighted by atomic mass is 127. The number of nitrogens with one attached hydrogen (secondary N) is 1. The minimum absolute atomic E-state index is 0. The Bertz CT molecular complexity index is 381. The molecule has 2 unspecified atom stereocenters. The van der Waals surface area contributed by atoms with Crippen LogP contribution in [0.25, 0.3) is 0 Å². The number of likely N-dealkylation sites (tertiary alicyclic amines) is 1.